The summed E-state index contributed by atoms with van der Waals surface area (Å²) in [6.07, 6.45) is 2.04. The Morgan fingerprint density at radius 3 is 2.41 bits per heavy atom. The molecule has 4 rings (SSSR count). The number of methoxy groups -OCH3 is 2. The third-order valence-electron chi connectivity index (χ3n) is 5.85. The molecule has 1 aliphatic heterocycles. The van der Waals surface area contributed by atoms with E-state index in [-0.39, 0.29) is 29.5 Å². The van der Waals surface area contributed by atoms with E-state index in [4.69, 9.17) is 18.6 Å². The largest absolute Gasteiger partial charge is 0.502 e. The number of ketones is 1. The van der Waals surface area contributed by atoms with Crippen molar-refractivity contribution in [1.82, 2.24) is 0 Å². The molecule has 0 fully saturated rings. The fourth-order valence-corrected chi connectivity index (χ4v) is 4.26. The Labute approximate surface area is 185 Å². The molecule has 0 amide bonds. The molecule has 1 aliphatic rings. The number of hydrogen-bond acceptors (Lipinski definition) is 7. The van der Waals surface area contributed by atoms with E-state index in [1.165, 1.54) is 20.3 Å². The van der Waals surface area contributed by atoms with Crippen LogP contribution in [-0.4, -0.2) is 25.1 Å². The van der Waals surface area contributed by atoms with E-state index in [2.05, 4.69) is 6.92 Å². The smallest absolute Gasteiger partial charge is 0.336 e. The summed E-state index contributed by atoms with van der Waals surface area (Å²) in [4.78, 5) is 25.4. The number of carbonyl (C=O) groups is 1. The Balaban J connectivity index is 1.90. The minimum Gasteiger partial charge on any atom is -0.502 e. The molecule has 0 spiro atoms. The normalized spacial score (nSPS) is 15.4. The van der Waals surface area contributed by atoms with Crippen LogP contribution in [0.15, 0.2) is 33.5 Å². The molecule has 2 aromatic carbocycles. The minimum atomic E-state index is -0.616. The van der Waals surface area contributed by atoms with Crippen LogP contribution in [0.4, 0.5) is 0 Å². The number of phenolic OH excluding ortho intramolecular Hbond substituents is 1. The highest BCUT2D eigenvalue weighted by Crippen LogP contribution is 2.45. The molecule has 168 valence electrons. The molecule has 2 heterocycles. The first-order valence-corrected chi connectivity index (χ1v) is 10.6. The second-order valence-electron chi connectivity index (χ2n) is 7.97. The van der Waals surface area contributed by atoms with Crippen molar-refractivity contribution >= 4 is 16.8 Å². The molecule has 0 bridgehead atoms. The highest BCUT2D eigenvalue weighted by Gasteiger charge is 2.33. The molecule has 3 aromatic rings. The standard InChI is InChI=1S/C25H26O7/c1-5-6-7-14-11-21(27)31-18-8-13(2)22-16(26)12-17(32-25(22)23(14)18)15-9-19(29-3)24(28)20(10-15)30-4/h8-11,17,28H,5-7,12H2,1-4H3/t17-/m1/s1. The van der Waals surface area contributed by atoms with Gasteiger partial charge in [0.15, 0.2) is 17.3 Å². The van der Waals surface area contributed by atoms with Gasteiger partial charge in [-0.05, 0) is 49.1 Å². The number of ether oxygens (including phenoxy) is 3. The van der Waals surface area contributed by atoms with Crippen molar-refractivity contribution in [2.45, 2.75) is 45.6 Å². The van der Waals surface area contributed by atoms with Crippen LogP contribution < -0.4 is 19.8 Å². The van der Waals surface area contributed by atoms with Crippen molar-refractivity contribution in [1.29, 1.82) is 0 Å². The van der Waals surface area contributed by atoms with E-state index >= 15 is 0 Å². The van der Waals surface area contributed by atoms with Gasteiger partial charge in [-0.2, -0.15) is 0 Å². The number of carbonyl (C=O) groups excluding carboxylic acids is 1. The lowest BCUT2D eigenvalue weighted by Gasteiger charge is -2.28. The number of aryl methyl sites for hydroxylation is 2. The number of fused-ring (bicyclic) bond motifs is 3. The highest BCUT2D eigenvalue weighted by atomic mass is 16.5. The van der Waals surface area contributed by atoms with E-state index in [0.717, 1.165) is 18.4 Å². The molecule has 0 radical (unpaired) electrons. The van der Waals surface area contributed by atoms with Gasteiger partial charge >= 0.3 is 5.63 Å². The summed E-state index contributed by atoms with van der Waals surface area (Å²) in [6.45, 7) is 3.89. The van der Waals surface area contributed by atoms with Gasteiger partial charge in [0.25, 0.3) is 0 Å². The van der Waals surface area contributed by atoms with E-state index < -0.39 is 11.7 Å². The number of Topliss-reactive ketones (excluding diaryl/α,β-unsaturated/α-hetero) is 1. The number of rotatable bonds is 6. The third kappa shape index (κ3) is 3.68. The maximum absolute atomic E-state index is 13.2. The van der Waals surface area contributed by atoms with Crippen LogP contribution in [0.1, 0.15) is 59.3 Å². The number of aromatic hydroxyl groups is 1. The van der Waals surface area contributed by atoms with E-state index in [9.17, 15) is 14.7 Å². The predicted octanol–water partition coefficient (Wildman–Crippen LogP) is 4.87. The summed E-state index contributed by atoms with van der Waals surface area (Å²) in [5.41, 5.74) is 2.65. The molecule has 0 saturated carbocycles. The molecular weight excluding hydrogens is 412 g/mol. The van der Waals surface area contributed by atoms with E-state index in [1.807, 2.05) is 6.92 Å². The zero-order chi connectivity index (χ0) is 23.0. The summed E-state index contributed by atoms with van der Waals surface area (Å²) < 4.78 is 22.4. The van der Waals surface area contributed by atoms with Crippen molar-refractivity contribution in [3.05, 3.63) is 56.9 Å². The molecule has 1 aromatic heterocycles. The van der Waals surface area contributed by atoms with Gasteiger partial charge in [-0.15, -0.1) is 0 Å². The quantitative estimate of drug-likeness (QED) is 0.548. The van der Waals surface area contributed by atoms with Crippen LogP contribution in [0.25, 0.3) is 11.0 Å². The summed E-state index contributed by atoms with van der Waals surface area (Å²) >= 11 is 0. The zero-order valence-electron chi connectivity index (χ0n) is 18.6. The summed E-state index contributed by atoms with van der Waals surface area (Å²) in [7, 11) is 2.89. The van der Waals surface area contributed by atoms with E-state index in [1.54, 1.807) is 18.2 Å². The van der Waals surface area contributed by atoms with Crippen LogP contribution in [0.5, 0.6) is 23.0 Å². The fourth-order valence-electron chi connectivity index (χ4n) is 4.26. The molecule has 1 N–H and O–H groups in total. The lowest BCUT2D eigenvalue weighted by atomic mass is 9.90. The summed E-state index contributed by atoms with van der Waals surface area (Å²) in [5, 5.41) is 10.9. The van der Waals surface area contributed by atoms with Gasteiger partial charge in [0.05, 0.1) is 31.6 Å². The fraction of sp³-hybridized carbons (Fsp3) is 0.360. The molecule has 7 nitrogen and oxygen atoms in total. The monoisotopic (exact) mass is 438 g/mol. The average Bonchev–Trinajstić information content (AvgIpc) is 2.76. The number of hydrogen-bond donors (Lipinski definition) is 1. The lowest BCUT2D eigenvalue weighted by Crippen LogP contribution is -2.22. The van der Waals surface area contributed by atoms with Gasteiger partial charge in [-0.25, -0.2) is 4.79 Å². The Hall–Kier alpha value is -3.48. The van der Waals surface area contributed by atoms with Gasteiger partial charge in [-0.1, -0.05) is 13.3 Å². The zero-order valence-corrected chi connectivity index (χ0v) is 18.6. The topological polar surface area (TPSA) is 95.2 Å². The van der Waals surface area contributed by atoms with Crippen molar-refractivity contribution in [2.24, 2.45) is 0 Å². The molecule has 1 atom stereocenters. The van der Waals surface area contributed by atoms with Crippen LogP contribution >= 0.6 is 0 Å². The molecular formula is C25H26O7. The van der Waals surface area contributed by atoms with Gasteiger partial charge in [0.1, 0.15) is 17.4 Å². The van der Waals surface area contributed by atoms with Crippen LogP contribution in [0.3, 0.4) is 0 Å². The molecule has 0 aliphatic carbocycles. The predicted molar refractivity (Wildman–Crippen MR) is 119 cm³/mol. The van der Waals surface area contributed by atoms with Crippen LogP contribution in [0.2, 0.25) is 0 Å². The van der Waals surface area contributed by atoms with Crippen molar-refractivity contribution in [3.8, 4) is 23.0 Å². The van der Waals surface area contributed by atoms with Crippen LogP contribution in [0, 0.1) is 6.92 Å². The van der Waals surface area contributed by atoms with Crippen molar-refractivity contribution in [3.63, 3.8) is 0 Å². The Bertz CT molecular complexity index is 1230. The van der Waals surface area contributed by atoms with Gasteiger partial charge in [0.2, 0.25) is 5.75 Å². The minimum absolute atomic E-state index is 0.0608. The first-order chi connectivity index (χ1) is 15.4. The van der Waals surface area contributed by atoms with Gasteiger partial charge in [-0.3, -0.25) is 4.79 Å². The average molecular weight is 438 g/mol. The summed E-state index contributed by atoms with van der Waals surface area (Å²) in [5.74, 6) is 0.706. The number of unbranched alkanes of at least 4 members (excludes halogenated alkanes) is 1. The van der Waals surface area contributed by atoms with Crippen molar-refractivity contribution in [2.75, 3.05) is 14.2 Å². The third-order valence-corrected chi connectivity index (χ3v) is 5.85. The second-order valence-corrected chi connectivity index (χ2v) is 7.97. The van der Waals surface area contributed by atoms with E-state index in [0.29, 0.717) is 39.8 Å². The Morgan fingerprint density at radius 1 is 1.09 bits per heavy atom. The lowest BCUT2D eigenvalue weighted by molar-refractivity contribution is 0.0851. The van der Waals surface area contributed by atoms with Crippen molar-refractivity contribution < 1.29 is 28.5 Å². The highest BCUT2D eigenvalue weighted by molar-refractivity contribution is 6.07. The maximum Gasteiger partial charge on any atom is 0.336 e. The SMILES string of the molecule is CCCCc1cc(=O)oc2cc(C)c3c(c12)O[C@@H](c1cc(OC)c(O)c(OC)c1)CC3=O. The number of benzene rings is 2. The molecule has 0 saturated heterocycles. The van der Waals surface area contributed by atoms with Gasteiger partial charge < -0.3 is 23.7 Å². The molecule has 32 heavy (non-hydrogen) atoms. The Morgan fingerprint density at radius 2 is 1.78 bits per heavy atom. The first kappa shape index (κ1) is 21.7. The first-order valence-electron chi connectivity index (χ1n) is 10.6. The molecule has 7 heteroatoms. The Kier molecular flexibility index (Phi) is 5.82. The maximum atomic E-state index is 13.2. The van der Waals surface area contributed by atoms with Crippen LogP contribution in [-0.2, 0) is 6.42 Å². The second kappa shape index (κ2) is 8.57. The van der Waals surface area contributed by atoms with Gasteiger partial charge in [0, 0.05) is 11.6 Å². The molecule has 0 unspecified atom stereocenters. The summed E-state index contributed by atoms with van der Waals surface area (Å²) in [6, 6.07) is 6.49. The number of phenols is 1.